The molecule has 85 heavy (non-hydrogen) atoms. The number of nitrogens with zero attached hydrogens (tertiary/aromatic N) is 5. The quantitative estimate of drug-likeness (QED) is 0.0346. The molecule has 0 saturated carbocycles. The van der Waals surface area contributed by atoms with E-state index in [1.165, 1.54) is 0 Å². The SMILES string of the molecule is CC(C)(C)OC(=O)CC[C@H](NC(=O)N[C@@H](CCCCN(Cc1ccc(I)cc1)C(=O)CCCCNC(=O)CN1CCN(CC(=O)OC(C)(C)C)CCN(CC(=O)OC(C)(C)C)CCN(CC(=O)OC(C)(C)C)CC1)C(C)(C)C)C(=O)OC(C)(C)C. The van der Waals surface area contributed by atoms with Crippen molar-refractivity contribution in [1.29, 1.82) is 0 Å². The fraction of sp³-hybridized carbons (Fsp3) is 0.778. The maximum atomic E-state index is 14.0. The molecule has 0 radical (unpaired) electrons. The molecule has 1 aromatic rings. The van der Waals surface area contributed by atoms with Gasteiger partial charge in [0.15, 0.2) is 0 Å². The Balaban J connectivity index is 2.16. The van der Waals surface area contributed by atoms with E-state index in [0.717, 1.165) is 9.13 Å². The van der Waals surface area contributed by atoms with Crippen LogP contribution in [0.1, 0.15) is 182 Å². The van der Waals surface area contributed by atoms with Gasteiger partial charge in [0.25, 0.3) is 0 Å². The van der Waals surface area contributed by atoms with E-state index < -0.39 is 52.0 Å². The zero-order valence-corrected chi connectivity index (χ0v) is 57.3. The third-order valence-electron chi connectivity index (χ3n) is 13.0. The highest BCUT2D eigenvalue weighted by atomic mass is 127. The van der Waals surface area contributed by atoms with Crippen LogP contribution in [0.25, 0.3) is 0 Å². The fourth-order valence-electron chi connectivity index (χ4n) is 9.04. The largest absolute Gasteiger partial charge is 0.460 e. The Morgan fingerprint density at radius 2 is 0.906 bits per heavy atom. The number of esters is 5. The average molecular weight is 1310 g/mol. The molecule has 0 aromatic heterocycles. The second-order valence-electron chi connectivity index (χ2n) is 28.4. The van der Waals surface area contributed by atoms with Crippen molar-refractivity contribution in [1.82, 2.24) is 40.4 Å². The molecule has 1 fully saturated rings. The van der Waals surface area contributed by atoms with Gasteiger partial charge in [-0.05, 0) is 188 Å². The molecule has 1 aromatic carbocycles. The molecule has 2 rings (SSSR count). The van der Waals surface area contributed by atoms with Gasteiger partial charge in [-0.3, -0.25) is 48.4 Å². The molecule has 1 saturated heterocycles. The fourth-order valence-corrected chi connectivity index (χ4v) is 9.40. The lowest BCUT2D eigenvalue weighted by Crippen LogP contribution is -2.53. The summed E-state index contributed by atoms with van der Waals surface area (Å²) in [6, 6.07) is 6.12. The van der Waals surface area contributed by atoms with Crippen LogP contribution in [0.2, 0.25) is 0 Å². The van der Waals surface area contributed by atoms with Gasteiger partial charge >= 0.3 is 35.9 Å². The lowest BCUT2D eigenvalue weighted by molar-refractivity contribution is -0.159. The summed E-state index contributed by atoms with van der Waals surface area (Å²) in [5.74, 6) is -2.47. The van der Waals surface area contributed by atoms with Gasteiger partial charge in [-0.1, -0.05) is 32.9 Å². The summed E-state index contributed by atoms with van der Waals surface area (Å²) in [5, 5.41) is 8.89. The number of hydrogen-bond donors (Lipinski definition) is 3. The Labute approximate surface area is 523 Å². The Hall–Kier alpha value is -4.65. The number of unbranched alkanes of at least 4 members (excludes halogenated alkanes) is 2. The standard InChI is InChI=1S/C63H109IN8O13/c1-58(2,3)49(67-57(80)66-48(56(79)85-63(16,17)18)29-30-52(75)81-59(4,5)6)23-20-22-32-72(41-46-25-27-47(64)28-26-46)51(74)24-19-21-31-65-50(73)42-68-33-35-69(43-53(76)82-60(7,8)9)37-39-71(45-55(78)84-62(13,14)15)40-38-70(36-34-68)44-54(77)83-61(10,11)12/h25-28,48-49H,19-24,29-45H2,1-18H3,(H,65,73)(H2,66,67,80)/t48-,49-/m0/s1. The van der Waals surface area contributed by atoms with Crippen molar-refractivity contribution in [2.75, 3.05) is 91.6 Å². The zero-order chi connectivity index (χ0) is 64.6. The minimum Gasteiger partial charge on any atom is -0.460 e. The van der Waals surface area contributed by atoms with Crippen LogP contribution in [0.3, 0.4) is 0 Å². The van der Waals surface area contributed by atoms with Gasteiger partial charge in [0.1, 0.15) is 34.0 Å². The number of benzene rings is 1. The lowest BCUT2D eigenvalue weighted by atomic mass is 9.83. The van der Waals surface area contributed by atoms with Crippen molar-refractivity contribution >= 4 is 70.3 Å². The third-order valence-corrected chi connectivity index (χ3v) is 13.7. The van der Waals surface area contributed by atoms with E-state index in [1.807, 2.05) is 132 Å². The first kappa shape index (κ1) is 76.4. The molecular weight excluding hydrogens is 1200 g/mol. The zero-order valence-electron chi connectivity index (χ0n) is 55.1. The monoisotopic (exact) mass is 1310 g/mol. The van der Waals surface area contributed by atoms with Crippen molar-refractivity contribution < 1.29 is 62.0 Å². The second kappa shape index (κ2) is 35.4. The number of carbonyl (C=O) groups excluding carboxylic acids is 8. The predicted molar refractivity (Wildman–Crippen MR) is 338 cm³/mol. The summed E-state index contributed by atoms with van der Waals surface area (Å²) in [5.41, 5.74) is -2.92. The Morgan fingerprint density at radius 3 is 1.32 bits per heavy atom. The normalized spacial score (nSPS) is 15.9. The summed E-state index contributed by atoms with van der Waals surface area (Å²) in [4.78, 5) is 116. The summed E-state index contributed by atoms with van der Waals surface area (Å²) in [6.07, 6.45) is 3.25. The van der Waals surface area contributed by atoms with E-state index >= 15 is 0 Å². The molecule has 0 aliphatic carbocycles. The number of hydrogen-bond acceptors (Lipinski definition) is 17. The Bertz CT molecular complexity index is 2230. The molecule has 4 amide bonds. The number of nitrogens with one attached hydrogen (secondary N) is 3. The minimum absolute atomic E-state index is 0.00197. The average Bonchev–Trinajstić information content (AvgIpc) is 3.55. The van der Waals surface area contributed by atoms with E-state index in [1.54, 1.807) is 41.5 Å². The van der Waals surface area contributed by atoms with Crippen LogP contribution in [-0.4, -0.2) is 204 Å². The number of urea groups is 1. The third kappa shape index (κ3) is 37.6. The number of carbonyl (C=O) groups is 8. The molecule has 21 nitrogen and oxygen atoms in total. The van der Waals surface area contributed by atoms with Crippen LogP contribution in [0.5, 0.6) is 0 Å². The molecule has 3 N–H and O–H groups in total. The summed E-state index contributed by atoms with van der Waals surface area (Å²) in [6.45, 7) is 37.7. The number of halogens is 1. The van der Waals surface area contributed by atoms with Crippen LogP contribution < -0.4 is 16.0 Å². The maximum absolute atomic E-state index is 14.0. The van der Waals surface area contributed by atoms with Gasteiger partial charge in [0, 0.05) is 94.4 Å². The van der Waals surface area contributed by atoms with Crippen molar-refractivity contribution in [3.05, 3.63) is 33.4 Å². The summed E-state index contributed by atoms with van der Waals surface area (Å²) in [7, 11) is 0. The second-order valence-corrected chi connectivity index (χ2v) is 29.6. The molecule has 22 heteroatoms. The topological polar surface area (TPSA) is 235 Å². The van der Waals surface area contributed by atoms with Gasteiger partial charge in [-0.2, -0.15) is 0 Å². The number of rotatable bonds is 26. The molecular formula is C63H109IN8O13. The van der Waals surface area contributed by atoms with Gasteiger partial charge in [0.2, 0.25) is 11.8 Å². The van der Waals surface area contributed by atoms with Gasteiger partial charge < -0.3 is 44.5 Å². The number of ether oxygens (including phenoxy) is 5. The van der Waals surface area contributed by atoms with Gasteiger partial charge in [0.05, 0.1) is 26.2 Å². The van der Waals surface area contributed by atoms with Gasteiger partial charge in [-0.15, -0.1) is 0 Å². The van der Waals surface area contributed by atoms with Crippen LogP contribution in [0.15, 0.2) is 24.3 Å². The van der Waals surface area contributed by atoms with Crippen molar-refractivity contribution in [2.45, 2.75) is 223 Å². The van der Waals surface area contributed by atoms with E-state index in [4.69, 9.17) is 23.7 Å². The van der Waals surface area contributed by atoms with Crippen LogP contribution >= 0.6 is 22.6 Å². The molecule has 0 unspecified atom stereocenters. The highest BCUT2D eigenvalue weighted by Crippen LogP contribution is 2.25. The Kier molecular flexibility index (Phi) is 31.8. The number of amides is 4. The van der Waals surface area contributed by atoms with Crippen LogP contribution in [0.4, 0.5) is 4.79 Å². The molecule has 486 valence electrons. The first-order valence-electron chi connectivity index (χ1n) is 30.4. The van der Waals surface area contributed by atoms with E-state index in [2.05, 4.69) is 38.5 Å². The van der Waals surface area contributed by atoms with Gasteiger partial charge in [-0.25, -0.2) is 9.59 Å². The molecule has 1 aliphatic rings. The molecule has 0 spiro atoms. The highest BCUT2D eigenvalue weighted by Gasteiger charge is 2.32. The van der Waals surface area contributed by atoms with Crippen molar-refractivity contribution in [3.8, 4) is 0 Å². The van der Waals surface area contributed by atoms with Crippen molar-refractivity contribution in [2.24, 2.45) is 5.41 Å². The first-order valence-corrected chi connectivity index (χ1v) is 31.5. The van der Waals surface area contributed by atoms with Crippen LogP contribution in [-0.2, 0) is 63.8 Å². The predicted octanol–water partition coefficient (Wildman–Crippen LogP) is 7.87. The molecule has 1 heterocycles. The van der Waals surface area contributed by atoms with Crippen molar-refractivity contribution in [3.63, 3.8) is 0 Å². The lowest BCUT2D eigenvalue weighted by Gasteiger charge is -2.34. The van der Waals surface area contributed by atoms with E-state index in [9.17, 15) is 38.4 Å². The molecule has 0 bridgehead atoms. The Morgan fingerprint density at radius 1 is 0.494 bits per heavy atom. The van der Waals surface area contributed by atoms with Crippen LogP contribution in [0, 0.1) is 8.99 Å². The smallest absolute Gasteiger partial charge is 0.329 e. The molecule has 2 atom stereocenters. The molecule has 1 aliphatic heterocycles. The first-order chi connectivity index (χ1) is 39.0. The highest BCUT2D eigenvalue weighted by molar-refractivity contribution is 14.1. The van der Waals surface area contributed by atoms with E-state index in [-0.39, 0.29) is 86.6 Å². The minimum atomic E-state index is -1.09. The maximum Gasteiger partial charge on any atom is 0.329 e. The van der Waals surface area contributed by atoms with E-state index in [0.29, 0.717) is 104 Å². The summed E-state index contributed by atoms with van der Waals surface area (Å²) >= 11 is 2.26. The summed E-state index contributed by atoms with van der Waals surface area (Å²) < 4.78 is 29.2.